The summed E-state index contributed by atoms with van der Waals surface area (Å²) < 4.78 is 24.7. The molecule has 0 radical (unpaired) electrons. The number of hydrogen-bond acceptors (Lipinski definition) is 4. The SMILES string of the molecule is COC(=O)CC(c1cccc(N(C)C2CCC(c3cc(OC)ccc3F)CC2)c1)C1CC1. The van der Waals surface area contributed by atoms with Crippen LogP contribution >= 0.6 is 0 Å². The van der Waals surface area contributed by atoms with E-state index in [1.807, 2.05) is 6.07 Å². The van der Waals surface area contributed by atoms with Gasteiger partial charge in [0.1, 0.15) is 11.6 Å². The molecule has 2 aromatic rings. The lowest BCUT2D eigenvalue weighted by Gasteiger charge is -2.36. The predicted molar refractivity (Wildman–Crippen MR) is 125 cm³/mol. The quantitative estimate of drug-likeness (QED) is 0.469. The number of halogens is 1. The molecule has 2 saturated carbocycles. The van der Waals surface area contributed by atoms with Gasteiger partial charge < -0.3 is 14.4 Å². The van der Waals surface area contributed by atoms with Crippen molar-refractivity contribution < 1.29 is 18.7 Å². The molecule has 172 valence electrons. The molecule has 0 N–H and O–H groups in total. The lowest BCUT2D eigenvalue weighted by Crippen LogP contribution is -2.35. The van der Waals surface area contributed by atoms with Gasteiger partial charge in [0.05, 0.1) is 20.6 Å². The van der Waals surface area contributed by atoms with Crippen molar-refractivity contribution in [2.24, 2.45) is 5.92 Å². The summed E-state index contributed by atoms with van der Waals surface area (Å²) in [5, 5.41) is 0. The largest absolute Gasteiger partial charge is 0.497 e. The van der Waals surface area contributed by atoms with E-state index in [9.17, 15) is 9.18 Å². The van der Waals surface area contributed by atoms with Gasteiger partial charge in [-0.1, -0.05) is 12.1 Å². The van der Waals surface area contributed by atoms with E-state index in [0.717, 1.165) is 37.0 Å². The van der Waals surface area contributed by atoms with Gasteiger partial charge in [0, 0.05) is 18.8 Å². The lowest BCUT2D eigenvalue weighted by atomic mass is 9.81. The molecule has 2 aromatic carbocycles. The molecular formula is C27H34FNO3. The molecular weight excluding hydrogens is 405 g/mol. The van der Waals surface area contributed by atoms with E-state index in [-0.39, 0.29) is 23.6 Å². The maximum Gasteiger partial charge on any atom is 0.306 e. The minimum Gasteiger partial charge on any atom is -0.497 e. The molecule has 5 heteroatoms. The molecule has 32 heavy (non-hydrogen) atoms. The first-order chi connectivity index (χ1) is 15.5. The Kier molecular flexibility index (Phi) is 7.02. The summed E-state index contributed by atoms with van der Waals surface area (Å²) in [5.74, 6) is 1.51. The molecule has 0 saturated heterocycles. The van der Waals surface area contributed by atoms with Gasteiger partial charge in [-0.05, 0) is 97.7 Å². The van der Waals surface area contributed by atoms with Crippen LogP contribution in [0.1, 0.15) is 67.9 Å². The second-order valence-electron chi connectivity index (χ2n) is 9.32. The van der Waals surface area contributed by atoms with Crippen LogP contribution in [0.25, 0.3) is 0 Å². The first-order valence-electron chi connectivity index (χ1n) is 11.7. The minimum atomic E-state index is -0.135. The topological polar surface area (TPSA) is 38.8 Å². The van der Waals surface area contributed by atoms with Gasteiger partial charge in [-0.25, -0.2) is 4.39 Å². The summed E-state index contributed by atoms with van der Waals surface area (Å²) in [4.78, 5) is 14.3. The van der Waals surface area contributed by atoms with E-state index >= 15 is 0 Å². The van der Waals surface area contributed by atoms with E-state index in [1.54, 1.807) is 13.2 Å². The molecule has 0 heterocycles. The number of carbonyl (C=O) groups excluding carboxylic acids is 1. The average molecular weight is 440 g/mol. The van der Waals surface area contributed by atoms with Gasteiger partial charge in [-0.3, -0.25) is 4.79 Å². The Balaban J connectivity index is 1.43. The smallest absolute Gasteiger partial charge is 0.306 e. The van der Waals surface area contributed by atoms with Gasteiger partial charge in [0.25, 0.3) is 0 Å². The molecule has 0 aromatic heterocycles. The fourth-order valence-electron chi connectivity index (χ4n) is 5.24. The number of nitrogens with zero attached hydrogens (tertiary/aromatic N) is 1. The number of ether oxygens (including phenoxy) is 2. The Hall–Kier alpha value is -2.56. The van der Waals surface area contributed by atoms with Crippen LogP contribution in [0.3, 0.4) is 0 Å². The van der Waals surface area contributed by atoms with E-state index in [1.165, 1.54) is 37.3 Å². The Morgan fingerprint density at radius 2 is 1.81 bits per heavy atom. The zero-order chi connectivity index (χ0) is 22.7. The van der Waals surface area contributed by atoms with Crippen molar-refractivity contribution in [3.05, 3.63) is 59.4 Å². The Labute approximate surface area is 190 Å². The summed E-state index contributed by atoms with van der Waals surface area (Å²) in [6.45, 7) is 0. The second-order valence-corrected chi connectivity index (χ2v) is 9.32. The van der Waals surface area contributed by atoms with Crippen LogP contribution in [-0.4, -0.2) is 33.3 Å². The second kappa shape index (κ2) is 9.93. The van der Waals surface area contributed by atoms with Crippen LogP contribution < -0.4 is 9.64 Å². The highest BCUT2D eigenvalue weighted by molar-refractivity contribution is 5.70. The third-order valence-corrected chi connectivity index (χ3v) is 7.40. The number of benzene rings is 2. The van der Waals surface area contributed by atoms with Crippen molar-refractivity contribution in [3.8, 4) is 5.75 Å². The molecule has 4 nitrogen and oxygen atoms in total. The maximum atomic E-state index is 14.4. The van der Waals surface area contributed by atoms with Crippen LogP contribution in [-0.2, 0) is 9.53 Å². The Bertz CT molecular complexity index is 934. The third kappa shape index (κ3) is 5.08. The standard InChI is InChI=1S/C27H34FNO3/c1-29(21-11-9-19(10-12-21)25-16-23(31-2)13-14-26(25)28)22-6-4-5-20(15-22)24(18-7-8-18)17-27(30)32-3/h4-6,13-16,18-19,21,24H,7-12,17H2,1-3H3. The number of esters is 1. The highest BCUT2D eigenvalue weighted by Crippen LogP contribution is 2.45. The number of hydrogen-bond donors (Lipinski definition) is 0. The monoisotopic (exact) mass is 439 g/mol. The summed E-state index contributed by atoms with van der Waals surface area (Å²) in [5.41, 5.74) is 3.20. The van der Waals surface area contributed by atoms with E-state index in [0.29, 0.717) is 18.4 Å². The number of rotatable bonds is 8. The van der Waals surface area contributed by atoms with Crippen LogP contribution in [0, 0.1) is 11.7 Å². The van der Waals surface area contributed by atoms with Crippen molar-refractivity contribution in [1.29, 1.82) is 0 Å². The molecule has 1 unspecified atom stereocenters. The number of anilines is 1. The highest BCUT2D eigenvalue weighted by atomic mass is 19.1. The first-order valence-corrected chi connectivity index (χ1v) is 11.7. The molecule has 2 aliphatic carbocycles. The lowest BCUT2D eigenvalue weighted by molar-refractivity contribution is -0.141. The van der Waals surface area contributed by atoms with Crippen molar-refractivity contribution in [2.45, 2.75) is 62.8 Å². The van der Waals surface area contributed by atoms with Crippen molar-refractivity contribution in [3.63, 3.8) is 0 Å². The summed E-state index contributed by atoms with van der Waals surface area (Å²) >= 11 is 0. The highest BCUT2D eigenvalue weighted by Gasteiger charge is 2.34. The zero-order valence-corrected chi connectivity index (χ0v) is 19.4. The Morgan fingerprint density at radius 3 is 2.47 bits per heavy atom. The van der Waals surface area contributed by atoms with Gasteiger partial charge in [-0.2, -0.15) is 0 Å². The molecule has 1 atom stereocenters. The van der Waals surface area contributed by atoms with Crippen LogP contribution in [0.2, 0.25) is 0 Å². The molecule has 0 amide bonds. The van der Waals surface area contributed by atoms with E-state index in [4.69, 9.17) is 9.47 Å². The van der Waals surface area contributed by atoms with Gasteiger partial charge >= 0.3 is 5.97 Å². The minimum absolute atomic E-state index is 0.132. The Morgan fingerprint density at radius 1 is 1.06 bits per heavy atom. The fraction of sp³-hybridized carbons (Fsp3) is 0.519. The van der Waals surface area contributed by atoms with Crippen LogP contribution in [0.4, 0.5) is 10.1 Å². The number of carbonyl (C=O) groups is 1. The molecule has 4 rings (SSSR count). The van der Waals surface area contributed by atoms with E-state index < -0.39 is 0 Å². The normalized spacial score (nSPS) is 21.6. The third-order valence-electron chi connectivity index (χ3n) is 7.40. The van der Waals surface area contributed by atoms with Crippen molar-refractivity contribution in [2.75, 3.05) is 26.2 Å². The van der Waals surface area contributed by atoms with Crippen molar-refractivity contribution >= 4 is 11.7 Å². The summed E-state index contributed by atoms with van der Waals surface area (Å²) in [7, 11) is 5.24. The summed E-state index contributed by atoms with van der Waals surface area (Å²) in [6, 6.07) is 14.1. The molecule has 0 aliphatic heterocycles. The fourth-order valence-corrected chi connectivity index (χ4v) is 5.24. The first kappa shape index (κ1) is 22.6. The summed E-state index contributed by atoms with van der Waals surface area (Å²) in [6.07, 6.45) is 6.80. The van der Waals surface area contributed by atoms with Crippen LogP contribution in [0.5, 0.6) is 5.75 Å². The maximum absolute atomic E-state index is 14.4. The van der Waals surface area contributed by atoms with Crippen molar-refractivity contribution in [1.82, 2.24) is 0 Å². The zero-order valence-electron chi connectivity index (χ0n) is 19.4. The van der Waals surface area contributed by atoms with Gasteiger partial charge in [0.15, 0.2) is 0 Å². The predicted octanol–water partition coefficient (Wildman–Crippen LogP) is 6.05. The molecule has 2 fully saturated rings. The van der Waals surface area contributed by atoms with Crippen LogP contribution in [0.15, 0.2) is 42.5 Å². The molecule has 2 aliphatic rings. The average Bonchev–Trinajstić information content (AvgIpc) is 3.68. The van der Waals surface area contributed by atoms with Gasteiger partial charge in [-0.15, -0.1) is 0 Å². The molecule has 0 bridgehead atoms. The number of methoxy groups -OCH3 is 2. The van der Waals surface area contributed by atoms with Gasteiger partial charge in [0.2, 0.25) is 0 Å². The van der Waals surface area contributed by atoms with E-state index in [2.05, 4.69) is 36.2 Å². The molecule has 0 spiro atoms.